The lowest BCUT2D eigenvalue weighted by molar-refractivity contribution is 0.0601. The molecular formula is C22H18FNO3. The van der Waals surface area contributed by atoms with E-state index in [1.54, 1.807) is 30.3 Å². The van der Waals surface area contributed by atoms with Gasteiger partial charge in [-0.1, -0.05) is 30.3 Å². The number of methoxy groups -OCH3 is 1. The highest BCUT2D eigenvalue weighted by molar-refractivity contribution is 5.98. The lowest BCUT2D eigenvalue weighted by atomic mass is 10.00. The Labute approximate surface area is 156 Å². The van der Waals surface area contributed by atoms with Crippen LogP contribution in [0, 0.1) is 5.82 Å². The predicted molar refractivity (Wildman–Crippen MR) is 103 cm³/mol. The third-order valence-electron chi connectivity index (χ3n) is 4.17. The smallest absolute Gasteiger partial charge is 0.339 e. The molecule has 27 heavy (non-hydrogen) atoms. The minimum atomic E-state index is -0.474. The van der Waals surface area contributed by atoms with Gasteiger partial charge in [-0.2, -0.15) is 0 Å². The highest BCUT2D eigenvalue weighted by Gasteiger charge is 2.14. The van der Waals surface area contributed by atoms with Crippen molar-refractivity contribution in [3.05, 3.63) is 83.7 Å². The van der Waals surface area contributed by atoms with Gasteiger partial charge in [-0.15, -0.1) is 0 Å². The Morgan fingerprint density at radius 2 is 1.52 bits per heavy atom. The molecule has 0 aliphatic heterocycles. The summed E-state index contributed by atoms with van der Waals surface area (Å²) in [6.45, 7) is 1.52. The molecule has 3 aromatic rings. The molecule has 0 saturated heterocycles. The van der Waals surface area contributed by atoms with Crippen LogP contribution in [0.2, 0.25) is 0 Å². The average Bonchev–Trinajstić information content (AvgIpc) is 2.69. The highest BCUT2D eigenvalue weighted by atomic mass is 19.1. The minimum absolute atomic E-state index is 0.00116. The second-order valence-electron chi connectivity index (χ2n) is 6.02. The molecule has 136 valence electrons. The summed E-state index contributed by atoms with van der Waals surface area (Å²) in [7, 11) is 1.32. The largest absolute Gasteiger partial charge is 0.465 e. The van der Waals surface area contributed by atoms with Crippen LogP contribution in [0.15, 0.2) is 66.7 Å². The number of carbonyl (C=O) groups is 2. The molecule has 0 heterocycles. The standard InChI is InChI=1S/C22H18FNO3/c1-14(25)15-3-5-16(6-4-15)17-7-12-20(22(26)27-2)21(13-17)24-19-10-8-18(23)9-11-19/h3-13,24H,1-2H3. The van der Waals surface area contributed by atoms with Crippen molar-refractivity contribution in [3.8, 4) is 11.1 Å². The normalized spacial score (nSPS) is 10.3. The Balaban J connectivity index is 2.00. The van der Waals surface area contributed by atoms with Crippen LogP contribution in [0.4, 0.5) is 15.8 Å². The number of anilines is 2. The molecule has 0 saturated carbocycles. The number of esters is 1. The Kier molecular flexibility index (Phi) is 5.31. The van der Waals surface area contributed by atoms with E-state index in [0.29, 0.717) is 22.5 Å². The molecule has 0 radical (unpaired) electrons. The first-order valence-corrected chi connectivity index (χ1v) is 8.34. The Morgan fingerprint density at radius 1 is 0.889 bits per heavy atom. The summed E-state index contributed by atoms with van der Waals surface area (Å²) in [5, 5.41) is 3.13. The fourth-order valence-corrected chi connectivity index (χ4v) is 2.70. The van der Waals surface area contributed by atoms with Gasteiger partial charge in [0.25, 0.3) is 0 Å². The summed E-state index contributed by atoms with van der Waals surface area (Å²) in [6.07, 6.45) is 0. The molecule has 0 aromatic heterocycles. The Bertz CT molecular complexity index is 979. The van der Waals surface area contributed by atoms with Crippen LogP contribution in [0.3, 0.4) is 0 Å². The van der Waals surface area contributed by atoms with Crippen LogP contribution in [-0.4, -0.2) is 18.9 Å². The number of carbonyl (C=O) groups excluding carboxylic acids is 2. The van der Waals surface area contributed by atoms with Gasteiger partial charge in [0, 0.05) is 11.3 Å². The first kappa shape index (κ1) is 18.3. The van der Waals surface area contributed by atoms with E-state index in [4.69, 9.17) is 4.74 Å². The van der Waals surface area contributed by atoms with E-state index in [-0.39, 0.29) is 11.6 Å². The van der Waals surface area contributed by atoms with E-state index in [0.717, 1.165) is 11.1 Å². The molecule has 3 aromatic carbocycles. The summed E-state index contributed by atoms with van der Waals surface area (Å²) >= 11 is 0. The zero-order valence-electron chi connectivity index (χ0n) is 15.0. The lowest BCUT2D eigenvalue weighted by Crippen LogP contribution is -2.06. The van der Waals surface area contributed by atoms with E-state index in [1.165, 1.54) is 26.2 Å². The van der Waals surface area contributed by atoms with Crippen LogP contribution in [0.1, 0.15) is 27.6 Å². The van der Waals surface area contributed by atoms with Crippen molar-refractivity contribution in [2.24, 2.45) is 0 Å². The van der Waals surface area contributed by atoms with E-state index < -0.39 is 5.97 Å². The average molecular weight is 363 g/mol. The molecule has 4 nitrogen and oxygen atoms in total. The van der Waals surface area contributed by atoms with E-state index in [1.807, 2.05) is 24.3 Å². The van der Waals surface area contributed by atoms with Gasteiger partial charge in [-0.05, 0) is 54.4 Å². The molecule has 3 rings (SSSR count). The number of Topliss-reactive ketones (excluding diaryl/α,β-unsaturated/α-hetero) is 1. The van der Waals surface area contributed by atoms with Crippen LogP contribution in [0.25, 0.3) is 11.1 Å². The number of halogens is 1. The third kappa shape index (κ3) is 4.20. The van der Waals surface area contributed by atoms with Crippen molar-refractivity contribution >= 4 is 23.1 Å². The molecule has 1 N–H and O–H groups in total. The minimum Gasteiger partial charge on any atom is -0.465 e. The molecule has 0 aliphatic carbocycles. The van der Waals surface area contributed by atoms with Gasteiger partial charge in [0.1, 0.15) is 5.82 Å². The SMILES string of the molecule is COC(=O)c1ccc(-c2ccc(C(C)=O)cc2)cc1Nc1ccc(F)cc1. The molecule has 5 heteroatoms. The van der Waals surface area contributed by atoms with Gasteiger partial charge in [-0.3, -0.25) is 4.79 Å². The second kappa shape index (κ2) is 7.83. The first-order valence-electron chi connectivity index (χ1n) is 8.34. The van der Waals surface area contributed by atoms with Crippen molar-refractivity contribution in [2.75, 3.05) is 12.4 Å². The van der Waals surface area contributed by atoms with Gasteiger partial charge in [0.15, 0.2) is 5.78 Å². The molecule has 0 atom stereocenters. The van der Waals surface area contributed by atoms with Crippen molar-refractivity contribution < 1.29 is 18.7 Å². The number of nitrogens with one attached hydrogen (secondary N) is 1. The maximum Gasteiger partial charge on any atom is 0.339 e. The van der Waals surface area contributed by atoms with Crippen molar-refractivity contribution in [2.45, 2.75) is 6.92 Å². The molecule has 0 bridgehead atoms. The number of benzene rings is 3. The van der Waals surface area contributed by atoms with E-state index in [2.05, 4.69) is 5.32 Å². The number of rotatable bonds is 5. The van der Waals surface area contributed by atoms with Gasteiger partial charge in [0.05, 0.1) is 18.4 Å². The summed E-state index contributed by atoms with van der Waals surface area (Å²) in [5.74, 6) is -0.813. The summed E-state index contributed by atoms with van der Waals surface area (Å²) < 4.78 is 18.0. The van der Waals surface area contributed by atoms with Crippen LogP contribution >= 0.6 is 0 Å². The molecule has 0 unspecified atom stereocenters. The Hall–Kier alpha value is -3.47. The number of ketones is 1. The first-order chi connectivity index (χ1) is 13.0. The van der Waals surface area contributed by atoms with Gasteiger partial charge in [-0.25, -0.2) is 9.18 Å². The number of ether oxygens (including phenoxy) is 1. The van der Waals surface area contributed by atoms with Crippen LogP contribution in [0.5, 0.6) is 0 Å². The Morgan fingerprint density at radius 3 is 2.11 bits per heavy atom. The molecular weight excluding hydrogens is 345 g/mol. The molecule has 0 spiro atoms. The lowest BCUT2D eigenvalue weighted by Gasteiger charge is -2.13. The maximum atomic E-state index is 13.1. The van der Waals surface area contributed by atoms with Crippen molar-refractivity contribution in [3.63, 3.8) is 0 Å². The zero-order chi connectivity index (χ0) is 19.4. The van der Waals surface area contributed by atoms with Crippen molar-refractivity contribution in [1.82, 2.24) is 0 Å². The van der Waals surface area contributed by atoms with E-state index in [9.17, 15) is 14.0 Å². The molecule has 0 amide bonds. The maximum absolute atomic E-state index is 13.1. The van der Waals surface area contributed by atoms with Gasteiger partial charge in [0.2, 0.25) is 0 Å². The zero-order valence-corrected chi connectivity index (χ0v) is 15.0. The number of hydrogen-bond acceptors (Lipinski definition) is 4. The summed E-state index contributed by atoms with van der Waals surface area (Å²) in [4.78, 5) is 23.5. The monoisotopic (exact) mass is 363 g/mol. The van der Waals surface area contributed by atoms with E-state index >= 15 is 0 Å². The van der Waals surface area contributed by atoms with Crippen LogP contribution < -0.4 is 5.32 Å². The fraction of sp³-hybridized carbons (Fsp3) is 0.0909. The van der Waals surface area contributed by atoms with Crippen LogP contribution in [-0.2, 0) is 4.74 Å². The topological polar surface area (TPSA) is 55.4 Å². The quantitative estimate of drug-likeness (QED) is 0.498. The van der Waals surface area contributed by atoms with Gasteiger partial charge < -0.3 is 10.1 Å². The predicted octanol–water partition coefficient (Wildman–Crippen LogP) is 5.23. The van der Waals surface area contributed by atoms with Gasteiger partial charge >= 0.3 is 5.97 Å². The van der Waals surface area contributed by atoms with Crippen molar-refractivity contribution in [1.29, 1.82) is 0 Å². The molecule has 0 aliphatic rings. The third-order valence-corrected chi connectivity index (χ3v) is 4.17. The fourth-order valence-electron chi connectivity index (χ4n) is 2.70. The summed E-state index contributed by atoms with van der Waals surface area (Å²) in [5.41, 5.74) is 3.95. The second-order valence-corrected chi connectivity index (χ2v) is 6.02. The summed E-state index contributed by atoms with van der Waals surface area (Å²) in [6, 6.07) is 18.4. The number of hydrogen-bond donors (Lipinski definition) is 1. The highest BCUT2D eigenvalue weighted by Crippen LogP contribution is 2.29. The molecule has 0 fully saturated rings.